The molecule has 0 atom stereocenters. The van der Waals surface area contributed by atoms with Crippen LogP contribution in [-0.4, -0.2) is 26.8 Å². The number of carbonyl (C=O) groups excluding carboxylic acids is 1. The molecule has 6 heteroatoms. The summed E-state index contributed by atoms with van der Waals surface area (Å²) in [6.45, 7) is 6.52. The van der Waals surface area contributed by atoms with Gasteiger partial charge in [-0.05, 0) is 56.2 Å². The minimum Gasteiger partial charge on any atom is -0.339 e. The van der Waals surface area contributed by atoms with Gasteiger partial charge >= 0.3 is 0 Å². The maximum Gasteiger partial charge on any atom is 0.296 e. The molecular formula is C29H28N4O2. The molecule has 0 spiro atoms. The van der Waals surface area contributed by atoms with E-state index in [4.69, 9.17) is 5.10 Å². The molecule has 0 fully saturated rings. The summed E-state index contributed by atoms with van der Waals surface area (Å²) < 4.78 is 3.21. The highest BCUT2D eigenvalue weighted by atomic mass is 16.2. The summed E-state index contributed by atoms with van der Waals surface area (Å²) in [4.78, 5) is 29.5. The van der Waals surface area contributed by atoms with Crippen LogP contribution < -0.4 is 10.5 Å². The number of para-hydroxylation sites is 1. The van der Waals surface area contributed by atoms with Gasteiger partial charge < -0.3 is 9.47 Å². The van der Waals surface area contributed by atoms with Gasteiger partial charge in [-0.3, -0.25) is 9.59 Å². The van der Waals surface area contributed by atoms with Gasteiger partial charge in [-0.25, -0.2) is 0 Å². The third-order valence-corrected chi connectivity index (χ3v) is 6.64. The summed E-state index contributed by atoms with van der Waals surface area (Å²) in [5, 5.41) is 6.12. The zero-order valence-corrected chi connectivity index (χ0v) is 20.4. The number of aromatic nitrogens is 3. The van der Waals surface area contributed by atoms with Crippen molar-refractivity contribution < 1.29 is 4.79 Å². The molecular weight excluding hydrogens is 436 g/mol. The Kier molecular flexibility index (Phi) is 5.73. The highest BCUT2D eigenvalue weighted by Crippen LogP contribution is 2.30. The molecule has 0 saturated carbocycles. The standard InChI is InChI=1S/C29H28N4O2/c1-5-20-13-17-21(18-14-20)32(6-2)28(34)26-25-23-9-7-8-10-24(23)31(4)27(25)29(35)33(30-26)22-15-11-19(3)12-16-22/h7-18H,5-6H2,1-4H3. The van der Waals surface area contributed by atoms with Gasteiger partial charge in [0.1, 0.15) is 5.52 Å². The minimum atomic E-state index is -0.255. The largest absolute Gasteiger partial charge is 0.339 e. The van der Waals surface area contributed by atoms with Gasteiger partial charge in [-0.15, -0.1) is 0 Å². The van der Waals surface area contributed by atoms with E-state index in [1.165, 1.54) is 10.2 Å². The van der Waals surface area contributed by atoms with Crippen LogP contribution in [0, 0.1) is 6.92 Å². The van der Waals surface area contributed by atoms with Crippen molar-refractivity contribution in [2.75, 3.05) is 11.4 Å². The topological polar surface area (TPSA) is 60.1 Å². The number of amides is 1. The summed E-state index contributed by atoms with van der Waals surface area (Å²) in [7, 11) is 1.86. The average Bonchev–Trinajstić information content (AvgIpc) is 3.19. The number of benzene rings is 3. The molecule has 1 amide bonds. The average molecular weight is 465 g/mol. The van der Waals surface area contributed by atoms with Crippen LogP contribution in [0.4, 0.5) is 5.69 Å². The van der Waals surface area contributed by atoms with Crippen molar-refractivity contribution in [1.29, 1.82) is 0 Å². The lowest BCUT2D eigenvalue weighted by atomic mass is 10.1. The number of aryl methyl sites for hydroxylation is 3. The quantitative estimate of drug-likeness (QED) is 0.349. The molecule has 6 nitrogen and oxygen atoms in total. The molecule has 2 aromatic heterocycles. The third kappa shape index (κ3) is 3.71. The number of anilines is 1. The molecule has 5 rings (SSSR count). The van der Waals surface area contributed by atoms with E-state index in [9.17, 15) is 9.59 Å². The van der Waals surface area contributed by atoms with Crippen molar-refractivity contribution >= 4 is 33.4 Å². The fourth-order valence-electron chi connectivity index (χ4n) is 4.67. The van der Waals surface area contributed by atoms with Crippen molar-refractivity contribution in [3.63, 3.8) is 0 Å². The Hall–Kier alpha value is -4.19. The Labute approximate surface area is 204 Å². The van der Waals surface area contributed by atoms with Gasteiger partial charge in [-0.2, -0.15) is 9.78 Å². The van der Waals surface area contributed by atoms with Gasteiger partial charge in [0, 0.05) is 35.6 Å². The molecule has 176 valence electrons. The maximum absolute atomic E-state index is 14.1. The molecule has 0 aliphatic heterocycles. The van der Waals surface area contributed by atoms with Gasteiger partial charge in [0.25, 0.3) is 11.5 Å². The monoisotopic (exact) mass is 464 g/mol. The maximum atomic E-state index is 14.1. The van der Waals surface area contributed by atoms with Crippen LogP contribution in [0.3, 0.4) is 0 Å². The van der Waals surface area contributed by atoms with Crippen molar-refractivity contribution in [2.24, 2.45) is 7.05 Å². The number of hydrogen-bond donors (Lipinski definition) is 0. The van der Waals surface area contributed by atoms with E-state index >= 15 is 0 Å². The van der Waals surface area contributed by atoms with Crippen molar-refractivity contribution in [1.82, 2.24) is 14.3 Å². The molecule has 0 aliphatic carbocycles. The summed E-state index contributed by atoms with van der Waals surface area (Å²) in [6.07, 6.45) is 0.931. The van der Waals surface area contributed by atoms with Crippen LogP contribution in [-0.2, 0) is 13.5 Å². The third-order valence-electron chi connectivity index (χ3n) is 6.64. The zero-order chi connectivity index (χ0) is 24.7. The molecule has 3 aromatic carbocycles. The Bertz CT molecular complexity index is 1610. The molecule has 0 bridgehead atoms. The minimum absolute atomic E-state index is 0.237. The van der Waals surface area contributed by atoms with Gasteiger partial charge in [0.15, 0.2) is 5.69 Å². The van der Waals surface area contributed by atoms with E-state index in [-0.39, 0.29) is 17.2 Å². The van der Waals surface area contributed by atoms with Crippen molar-refractivity contribution in [3.8, 4) is 5.69 Å². The molecule has 0 N–H and O–H groups in total. The Balaban J connectivity index is 1.80. The first-order valence-electron chi connectivity index (χ1n) is 11.9. The summed E-state index contributed by atoms with van der Waals surface area (Å²) in [6, 6.07) is 23.4. The normalized spacial score (nSPS) is 11.3. The molecule has 0 saturated heterocycles. The van der Waals surface area contributed by atoms with Crippen LogP contribution in [0.2, 0.25) is 0 Å². The second-order valence-corrected chi connectivity index (χ2v) is 8.77. The highest BCUT2D eigenvalue weighted by Gasteiger charge is 2.26. The first-order valence-corrected chi connectivity index (χ1v) is 11.9. The summed E-state index contributed by atoms with van der Waals surface area (Å²) in [5.74, 6) is -0.237. The predicted molar refractivity (Wildman–Crippen MR) is 142 cm³/mol. The number of rotatable bonds is 5. The molecule has 0 unspecified atom stereocenters. The van der Waals surface area contributed by atoms with E-state index in [2.05, 4.69) is 6.92 Å². The van der Waals surface area contributed by atoms with Crippen LogP contribution in [0.1, 0.15) is 35.5 Å². The van der Waals surface area contributed by atoms with Crippen molar-refractivity contribution in [2.45, 2.75) is 27.2 Å². The first kappa shape index (κ1) is 22.6. The smallest absolute Gasteiger partial charge is 0.296 e. The van der Waals surface area contributed by atoms with E-state index < -0.39 is 0 Å². The number of carbonyl (C=O) groups is 1. The van der Waals surface area contributed by atoms with E-state index in [0.717, 1.165) is 28.6 Å². The Morgan fingerprint density at radius 3 is 2.29 bits per heavy atom. The lowest BCUT2D eigenvalue weighted by Crippen LogP contribution is -2.34. The first-order chi connectivity index (χ1) is 16.9. The lowest BCUT2D eigenvalue weighted by molar-refractivity contribution is 0.0983. The lowest BCUT2D eigenvalue weighted by Gasteiger charge is -2.22. The molecule has 0 aliphatic rings. The second-order valence-electron chi connectivity index (χ2n) is 8.77. The zero-order valence-electron chi connectivity index (χ0n) is 20.4. The molecule has 5 aromatic rings. The second kappa shape index (κ2) is 8.87. The predicted octanol–water partition coefficient (Wildman–Crippen LogP) is 5.41. The van der Waals surface area contributed by atoms with Crippen LogP contribution in [0.5, 0.6) is 0 Å². The van der Waals surface area contributed by atoms with Gasteiger partial charge in [0.05, 0.1) is 5.69 Å². The Morgan fingerprint density at radius 2 is 1.63 bits per heavy atom. The van der Waals surface area contributed by atoms with Crippen molar-refractivity contribution in [3.05, 3.63) is 100.0 Å². The summed E-state index contributed by atoms with van der Waals surface area (Å²) in [5.41, 5.74) is 5.06. The molecule has 35 heavy (non-hydrogen) atoms. The van der Waals surface area contributed by atoms with Gasteiger partial charge in [-0.1, -0.05) is 55.0 Å². The van der Waals surface area contributed by atoms with E-state index in [0.29, 0.717) is 23.1 Å². The van der Waals surface area contributed by atoms with E-state index in [1.807, 2.05) is 98.3 Å². The summed E-state index contributed by atoms with van der Waals surface area (Å²) >= 11 is 0. The van der Waals surface area contributed by atoms with E-state index in [1.54, 1.807) is 4.90 Å². The highest BCUT2D eigenvalue weighted by molar-refractivity contribution is 6.20. The number of fused-ring (bicyclic) bond motifs is 3. The SMILES string of the molecule is CCc1ccc(N(CC)C(=O)c2nn(-c3ccc(C)cc3)c(=O)c3c2c2ccccc2n3C)cc1. The van der Waals surface area contributed by atoms with Crippen LogP contribution in [0.15, 0.2) is 77.6 Å². The fourth-order valence-corrected chi connectivity index (χ4v) is 4.67. The fraction of sp³-hybridized carbons (Fsp3) is 0.207. The Morgan fingerprint density at radius 1 is 0.943 bits per heavy atom. The van der Waals surface area contributed by atoms with Crippen LogP contribution >= 0.6 is 0 Å². The molecule has 0 radical (unpaired) electrons. The molecule has 2 heterocycles. The van der Waals surface area contributed by atoms with Gasteiger partial charge in [0.2, 0.25) is 0 Å². The number of nitrogens with zero attached hydrogens (tertiary/aromatic N) is 4. The number of hydrogen-bond acceptors (Lipinski definition) is 3. The van der Waals surface area contributed by atoms with Crippen LogP contribution in [0.25, 0.3) is 27.5 Å².